The van der Waals surface area contributed by atoms with Crippen molar-refractivity contribution in [3.05, 3.63) is 58.1 Å². The van der Waals surface area contributed by atoms with Gasteiger partial charge in [0.1, 0.15) is 28.4 Å². The van der Waals surface area contributed by atoms with Gasteiger partial charge in [0.25, 0.3) is 0 Å². The lowest BCUT2D eigenvalue weighted by Crippen LogP contribution is -2.48. The molecule has 148 valence electrons. The Morgan fingerprint density at radius 1 is 1.21 bits per heavy atom. The minimum absolute atomic E-state index is 0.109. The fourth-order valence-electron chi connectivity index (χ4n) is 2.94. The largest absolute Gasteiger partial charge is 0.486 e. The minimum Gasteiger partial charge on any atom is -0.486 e. The summed E-state index contributed by atoms with van der Waals surface area (Å²) in [5.74, 6) is 0.365. The van der Waals surface area contributed by atoms with Crippen LogP contribution >= 0.6 is 23.2 Å². The third-order valence-electron chi connectivity index (χ3n) is 4.46. The van der Waals surface area contributed by atoms with Crippen LogP contribution in [0, 0.1) is 11.3 Å². The van der Waals surface area contributed by atoms with Gasteiger partial charge in [0.05, 0.1) is 18.7 Å². The Kier molecular flexibility index (Phi) is 5.87. The molecule has 0 aromatic heterocycles. The van der Waals surface area contributed by atoms with Crippen LogP contribution < -0.4 is 4.74 Å². The van der Waals surface area contributed by atoms with Crippen LogP contribution in [0.25, 0.3) is 0 Å². The molecule has 0 amide bonds. The van der Waals surface area contributed by atoms with Crippen LogP contribution in [-0.4, -0.2) is 54.3 Å². The van der Waals surface area contributed by atoms with E-state index in [9.17, 15) is 23.9 Å². The maximum atomic E-state index is 13.0. The highest BCUT2D eigenvalue weighted by molar-refractivity contribution is 7.89. The van der Waals surface area contributed by atoms with E-state index in [-0.39, 0.29) is 22.0 Å². The smallest absolute Gasteiger partial charge is 0.244 e. The molecule has 2 atom stereocenters. The maximum Gasteiger partial charge on any atom is 0.244 e. The molecule has 1 aliphatic rings. The van der Waals surface area contributed by atoms with Crippen molar-refractivity contribution in [3.8, 4) is 11.8 Å². The number of β-amino-alcohol motifs (C(OH)–C–C–N with tert-alkyl or cyclic N) is 1. The summed E-state index contributed by atoms with van der Waals surface area (Å²) in [5, 5.41) is 30.4. The first-order valence-electron chi connectivity index (χ1n) is 8.15. The van der Waals surface area contributed by atoms with Crippen LogP contribution in [0.15, 0.2) is 47.4 Å². The number of hydrogen-bond acceptors (Lipinski definition) is 6. The third-order valence-corrected chi connectivity index (χ3v) is 6.82. The van der Waals surface area contributed by atoms with Gasteiger partial charge in [-0.05, 0) is 42.5 Å². The number of hydrogen-bond donors (Lipinski definition) is 2. The number of benzene rings is 2. The standard InChI is InChI=1S/C18H16Cl2N2O5S/c19-13-1-4-15(5-2-13)27-17-9-22(10-18(17,24)11-23)28(25,26)16-6-3-14(20)7-12(16)8-21/h1-7,17,23-24H,9-11H2/t17-,18-/m0/s1. The van der Waals surface area contributed by atoms with E-state index in [1.54, 1.807) is 24.3 Å². The van der Waals surface area contributed by atoms with Gasteiger partial charge in [0.2, 0.25) is 10.0 Å². The molecule has 0 saturated carbocycles. The number of sulfonamides is 1. The second kappa shape index (κ2) is 7.87. The molecular weight excluding hydrogens is 427 g/mol. The zero-order chi connectivity index (χ0) is 20.5. The Bertz CT molecular complexity index is 1020. The molecule has 2 aromatic rings. The van der Waals surface area contributed by atoms with Crippen LogP contribution in [0.4, 0.5) is 0 Å². The fourth-order valence-corrected chi connectivity index (χ4v) is 4.86. The molecule has 28 heavy (non-hydrogen) atoms. The van der Waals surface area contributed by atoms with E-state index < -0.39 is 34.9 Å². The predicted molar refractivity (Wildman–Crippen MR) is 103 cm³/mol. The number of aliphatic hydroxyl groups is 2. The monoisotopic (exact) mass is 442 g/mol. The second-order valence-electron chi connectivity index (χ2n) is 6.37. The first kappa shape index (κ1) is 20.9. The molecule has 1 aliphatic heterocycles. The van der Waals surface area contributed by atoms with Gasteiger partial charge in [-0.3, -0.25) is 0 Å². The summed E-state index contributed by atoms with van der Waals surface area (Å²) in [6, 6.07) is 12.0. The Labute approximate surface area is 172 Å². The van der Waals surface area contributed by atoms with Gasteiger partial charge in [-0.25, -0.2) is 8.42 Å². The number of rotatable bonds is 5. The Hall–Kier alpha value is -1.86. The van der Waals surface area contributed by atoms with Crippen LogP contribution in [-0.2, 0) is 10.0 Å². The van der Waals surface area contributed by atoms with Crippen molar-refractivity contribution in [2.75, 3.05) is 19.7 Å². The van der Waals surface area contributed by atoms with Crippen molar-refractivity contribution >= 4 is 33.2 Å². The molecule has 7 nitrogen and oxygen atoms in total. The highest BCUT2D eigenvalue weighted by atomic mass is 35.5. The molecule has 10 heteroatoms. The Morgan fingerprint density at radius 2 is 1.86 bits per heavy atom. The van der Waals surface area contributed by atoms with Gasteiger partial charge in [-0.15, -0.1) is 0 Å². The van der Waals surface area contributed by atoms with Gasteiger partial charge >= 0.3 is 0 Å². The highest BCUT2D eigenvalue weighted by Gasteiger charge is 2.51. The number of nitrogens with zero attached hydrogens (tertiary/aromatic N) is 2. The average molecular weight is 443 g/mol. The van der Waals surface area contributed by atoms with Crippen molar-refractivity contribution in [2.24, 2.45) is 0 Å². The first-order valence-corrected chi connectivity index (χ1v) is 10.3. The molecule has 0 unspecified atom stereocenters. The second-order valence-corrected chi connectivity index (χ2v) is 9.15. The van der Waals surface area contributed by atoms with Crippen LogP contribution in [0.3, 0.4) is 0 Å². The lowest BCUT2D eigenvalue weighted by atomic mass is 10.0. The van der Waals surface area contributed by atoms with Crippen molar-refractivity contribution < 1.29 is 23.4 Å². The molecule has 0 radical (unpaired) electrons. The molecule has 3 rings (SSSR count). The first-order chi connectivity index (χ1) is 13.2. The molecule has 1 fully saturated rings. The lowest BCUT2D eigenvalue weighted by molar-refractivity contribution is -0.0640. The SMILES string of the molecule is N#Cc1cc(Cl)ccc1S(=O)(=O)N1C[C@H](Oc2ccc(Cl)cc2)[C@@](O)(CO)C1. The Balaban J connectivity index is 1.91. The van der Waals surface area contributed by atoms with Crippen LogP contribution in [0.5, 0.6) is 5.75 Å². The van der Waals surface area contributed by atoms with Crippen LogP contribution in [0.1, 0.15) is 5.56 Å². The summed E-state index contributed by atoms with van der Waals surface area (Å²) in [6.07, 6.45) is -1.02. The van der Waals surface area contributed by atoms with Crippen molar-refractivity contribution in [3.63, 3.8) is 0 Å². The molecule has 0 aliphatic carbocycles. The normalized spacial score (nSPS) is 22.8. The van der Waals surface area contributed by atoms with Crippen molar-refractivity contribution in [1.29, 1.82) is 5.26 Å². The van der Waals surface area contributed by atoms with Gasteiger partial charge in [-0.2, -0.15) is 9.57 Å². The van der Waals surface area contributed by atoms with E-state index in [1.807, 2.05) is 6.07 Å². The van der Waals surface area contributed by atoms with Crippen molar-refractivity contribution in [1.82, 2.24) is 4.31 Å². The number of ether oxygens (including phenoxy) is 1. The van der Waals surface area contributed by atoms with E-state index in [0.717, 1.165) is 4.31 Å². The lowest BCUT2D eigenvalue weighted by Gasteiger charge is -2.27. The van der Waals surface area contributed by atoms with Gasteiger partial charge in [0, 0.05) is 16.6 Å². The fraction of sp³-hybridized carbons (Fsp3) is 0.278. The average Bonchev–Trinajstić information content (AvgIpc) is 3.01. The molecule has 1 heterocycles. The van der Waals surface area contributed by atoms with Gasteiger partial charge in [-0.1, -0.05) is 23.2 Å². The van der Waals surface area contributed by atoms with Gasteiger partial charge < -0.3 is 14.9 Å². The molecule has 2 N–H and O–H groups in total. The molecule has 2 aromatic carbocycles. The quantitative estimate of drug-likeness (QED) is 0.732. The van der Waals surface area contributed by atoms with E-state index in [2.05, 4.69) is 0 Å². The molecule has 0 bridgehead atoms. The summed E-state index contributed by atoms with van der Waals surface area (Å²) < 4.78 is 32.8. The van der Waals surface area contributed by atoms with Crippen molar-refractivity contribution in [2.45, 2.75) is 16.6 Å². The summed E-state index contributed by atoms with van der Waals surface area (Å²) in [7, 11) is -4.13. The summed E-state index contributed by atoms with van der Waals surface area (Å²) >= 11 is 11.7. The third kappa shape index (κ3) is 3.96. The maximum absolute atomic E-state index is 13.0. The number of aliphatic hydroxyl groups excluding tert-OH is 1. The molecule has 0 spiro atoms. The predicted octanol–water partition coefficient (Wildman–Crippen LogP) is 2.04. The summed E-state index contributed by atoms with van der Waals surface area (Å²) in [4.78, 5) is -0.230. The summed E-state index contributed by atoms with van der Waals surface area (Å²) in [5.41, 5.74) is -1.92. The topological polar surface area (TPSA) is 111 Å². The number of nitriles is 1. The zero-order valence-electron chi connectivity index (χ0n) is 14.4. The Morgan fingerprint density at radius 3 is 2.46 bits per heavy atom. The van der Waals surface area contributed by atoms with E-state index in [1.165, 1.54) is 18.2 Å². The highest BCUT2D eigenvalue weighted by Crippen LogP contribution is 2.32. The van der Waals surface area contributed by atoms with Crippen LogP contribution in [0.2, 0.25) is 10.0 Å². The van der Waals surface area contributed by atoms with E-state index in [0.29, 0.717) is 10.8 Å². The number of halogens is 2. The molecule has 1 saturated heterocycles. The zero-order valence-corrected chi connectivity index (χ0v) is 16.7. The van der Waals surface area contributed by atoms with E-state index in [4.69, 9.17) is 27.9 Å². The van der Waals surface area contributed by atoms with Gasteiger partial charge in [0.15, 0.2) is 0 Å². The van der Waals surface area contributed by atoms with E-state index >= 15 is 0 Å². The summed E-state index contributed by atoms with van der Waals surface area (Å²) in [6.45, 7) is -1.31. The molecular formula is C18H16Cl2N2O5S. The minimum atomic E-state index is -4.13.